The van der Waals surface area contributed by atoms with Crippen LogP contribution in [0.3, 0.4) is 0 Å². The zero-order valence-electron chi connectivity index (χ0n) is 9.57. The highest BCUT2D eigenvalue weighted by Gasteiger charge is 2.18. The van der Waals surface area contributed by atoms with Crippen molar-refractivity contribution in [3.63, 3.8) is 0 Å². The lowest BCUT2D eigenvalue weighted by molar-refractivity contribution is 0.0813. The minimum absolute atomic E-state index is 0.546. The monoisotopic (exact) mass is 242 g/mol. The molecule has 16 heavy (non-hydrogen) atoms. The minimum Gasteiger partial charge on any atom is -0.383 e. The third-order valence-corrected chi connectivity index (χ3v) is 3.79. The molecule has 1 aliphatic heterocycles. The third kappa shape index (κ3) is 3.17. The van der Waals surface area contributed by atoms with E-state index in [4.69, 9.17) is 9.47 Å². The van der Waals surface area contributed by atoms with Crippen LogP contribution in [0.5, 0.6) is 0 Å². The summed E-state index contributed by atoms with van der Waals surface area (Å²) in [7, 11) is 1.70. The Bertz CT molecular complexity index is 311. The second-order valence-electron chi connectivity index (χ2n) is 3.90. The van der Waals surface area contributed by atoms with Gasteiger partial charge in [0, 0.05) is 37.3 Å². The summed E-state index contributed by atoms with van der Waals surface area (Å²) < 4.78 is 10.5. The lowest BCUT2D eigenvalue weighted by Crippen LogP contribution is -2.14. The van der Waals surface area contributed by atoms with Gasteiger partial charge in [0.05, 0.1) is 13.2 Å². The van der Waals surface area contributed by atoms with Gasteiger partial charge in [-0.3, -0.25) is 0 Å². The van der Waals surface area contributed by atoms with E-state index in [9.17, 15) is 0 Å². The zero-order valence-corrected chi connectivity index (χ0v) is 10.4. The first-order valence-electron chi connectivity index (χ1n) is 5.66. The molecule has 1 N–H and O–H groups in total. The highest BCUT2D eigenvalue weighted by atomic mass is 32.1. The van der Waals surface area contributed by atoms with E-state index in [0.717, 1.165) is 31.3 Å². The Morgan fingerprint density at radius 2 is 2.62 bits per heavy atom. The van der Waals surface area contributed by atoms with Crippen molar-refractivity contribution >= 4 is 16.5 Å². The van der Waals surface area contributed by atoms with E-state index < -0.39 is 0 Å². The molecule has 0 bridgehead atoms. The van der Waals surface area contributed by atoms with E-state index in [1.807, 2.05) is 6.20 Å². The number of hydrogen-bond acceptors (Lipinski definition) is 5. The van der Waals surface area contributed by atoms with Crippen molar-refractivity contribution in [1.29, 1.82) is 0 Å². The number of anilines is 1. The predicted molar refractivity (Wildman–Crippen MR) is 65.3 cm³/mol. The van der Waals surface area contributed by atoms with Crippen LogP contribution in [-0.2, 0) is 9.47 Å². The van der Waals surface area contributed by atoms with Gasteiger partial charge in [-0.25, -0.2) is 4.98 Å². The number of rotatable bonds is 5. The minimum atomic E-state index is 0.546. The van der Waals surface area contributed by atoms with E-state index in [1.165, 1.54) is 11.3 Å². The molecular formula is C11H18N2O2S. The fourth-order valence-electron chi connectivity index (χ4n) is 1.78. The number of aromatic nitrogens is 1. The molecular weight excluding hydrogens is 224 g/mol. The number of nitrogens with zero attached hydrogens (tertiary/aromatic N) is 1. The van der Waals surface area contributed by atoms with Crippen LogP contribution in [0, 0.1) is 0 Å². The van der Waals surface area contributed by atoms with Crippen molar-refractivity contribution in [3.8, 4) is 0 Å². The number of thiazole rings is 1. The second kappa shape index (κ2) is 6.18. The van der Waals surface area contributed by atoms with Gasteiger partial charge in [0.2, 0.25) is 0 Å². The number of nitrogens with one attached hydrogen (secondary N) is 1. The summed E-state index contributed by atoms with van der Waals surface area (Å²) >= 11 is 1.73. The summed E-state index contributed by atoms with van der Waals surface area (Å²) in [6.45, 7) is 3.28. The molecule has 1 fully saturated rings. The molecule has 1 saturated heterocycles. The lowest BCUT2D eigenvalue weighted by Gasteiger charge is -2.20. The smallest absolute Gasteiger partial charge is 0.182 e. The summed E-state index contributed by atoms with van der Waals surface area (Å²) in [6, 6.07) is 0. The molecule has 5 heteroatoms. The fraction of sp³-hybridized carbons (Fsp3) is 0.727. The highest BCUT2D eigenvalue weighted by molar-refractivity contribution is 7.15. The van der Waals surface area contributed by atoms with Crippen molar-refractivity contribution < 1.29 is 9.47 Å². The molecule has 0 aliphatic carbocycles. The van der Waals surface area contributed by atoms with Crippen molar-refractivity contribution in [1.82, 2.24) is 4.98 Å². The van der Waals surface area contributed by atoms with Gasteiger partial charge in [0.1, 0.15) is 0 Å². The van der Waals surface area contributed by atoms with Crippen LogP contribution in [0.25, 0.3) is 0 Å². The van der Waals surface area contributed by atoms with E-state index in [-0.39, 0.29) is 0 Å². The maximum atomic E-state index is 5.48. The lowest BCUT2D eigenvalue weighted by atomic mass is 10.0. The maximum absolute atomic E-state index is 5.48. The molecule has 0 spiro atoms. The van der Waals surface area contributed by atoms with E-state index in [0.29, 0.717) is 12.5 Å². The van der Waals surface area contributed by atoms with E-state index >= 15 is 0 Å². The van der Waals surface area contributed by atoms with Crippen LogP contribution in [-0.4, -0.2) is 38.5 Å². The summed E-state index contributed by atoms with van der Waals surface area (Å²) in [5.41, 5.74) is 0. The van der Waals surface area contributed by atoms with Gasteiger partial charge >= 0.3 is 0 Å². The Labute approximate surface area is 100.0 Å². The molecule has 0 radical (unpaired) electrons. The summed E-state index contributed by atoms with van der Waals surface area (Å²) in [5.74, 6) is 0.546. The third-order valence-electron chi connectivity index (χ3n) is 2.67. The van der Waals surface area contributed by atoms with E-state index in [1.54, 1.807) is 18.4 Å². The van der Waals surface area contributed by atoms with Crippen molar-refractivity contribution in [3.05, 3.63) is 11.1 Å². The van der Waals surface area contributed by atoms with Gasteiger partial charge in [-0.15, -0.1) is 11.3 Å². The van der Waals surface area contributed by atoms with Gasteiger partial charge in [-0.05, 0) is 12.8 Å². The first kappa shape index (κ1) is 11.8. The van der Waals surface area contributed by atoms with Gasteiger partial charge < -0.3 is 14.8 Å². The van der Waals surface area contributed by atoms with Crippen molar-refractivity contribution in [2.24, 2.45) is 0 Å². The van der Waals surface area contributed by atoms with Crippen LogP contribution < -0.4 is 5.32 Å². The van der Waals surface area contributed by atoms with Gasteiger partial charge in [-0.2, -0.15) is 0 Å². The van der Waals surface area contributed by atoms with Gasteiger partial charge in [0.25, 0.3) is 0 Å². The molecule has 2 heterocycles. The van der Waals surface area contributed by atoms with Crippen LogP contribution in [0.2, 0.25) is 0 Å². The predicted octanol–water partition coefficient (Wildman–Crippen LogP) is 2.10. The first-order chi connectivity index (χ1) is 7.90. The normalized spacial score (nSPS) is 20.9. The topological polar surface area (TPSA) is 43.4 Å². The number of ether oxygens (including phenoxy) is 2. The number of hydrogen-bond donors (Lipinski definition) is 1. The van der Waals surface area contributed by atoms with Crippen LogP contribution in [0.15, 0.2) is 6.20 Å². The summed E-state index contributed by atoms with van der Waals surface area (Å²) in [5, 5.41) is 4.23. The first-order valence-corrected chi connectivity index (χ1v) is 6.48. The molecule has 0 saturated carbocycles. The Morgan fingerprint density at radius 3 is 3.38 bits per heavy atom. The molecule has 1 unspecified atom stereocenters. The average Bonchev–Trinajstić information content (AvgIpc) is 2.79. The van der Waals surface area contributed by atoms with Crippen LogP contribution in [0.4, 0.5) is 5.13 Å². The van der Waals surface area contributed by atoms with Gasteiger partial charge in [0.15, 0.2) is 5.13 Å². The van der Waals surface area contributed by atoms with Crippen LogP contribution >= 0.6 is 11.3 Å². The zero-order chi connectivity index (χ0) is 11.2. The van der Waals surface area contributed by atoms with Crippen molar-refractivity contribution in [2.45, 2.75) is 18.8 Å². The molecule has 1 aliphatic rings. The average molecular weight is 242 g/mol. The Hall–Kier alpha value is -0.650. The quantitative estimate of drug-likeness (QED) is 0.803. The fourth-order valence-corrected chi connectivity index (χ4v) is 2.74. The SMILES string of the molecule is COCCNc1ncc(C2CCCOC2)s1. The molecule has 2 rings (SSSR count). The molecule has 0 amide bonds. The second-order valence-corrected chi connectivity index (χ2v) is 4.96. The molecule has 90 valence electrons. The Balaban J connectivity index is 1.85. The van der Waals surface area contributed by atoms with Crippen LogP contribution in [0.1, 0.15) is 23.6 Å². The van der Waals surface area contributed by atoms with Crippen molar-refractivity contribution in [2.75, 3.05) is 38.8 Å². The maximum Gasteiger partial charge on any atom is 0.182 e. The Morgan fingerprint density at radius 1 is 1.69 bits per heavy atom. The Kier molecular flexibility index (Phi) is 4.56. The number of methoxy groups -OCH3 is 1. The largest absolute Gasteiger partial charge is 0.383 e. The standard InChI is InChI=1S/C11H18N2O2S/c1-14-6-4-12-11-13-7-10(16-11)9-3-2-5-15-8-9/h7,9H,2-6,8H2,1H3,(H,12,13). The molecule has 1 aromatic rings. The van der Waals surface area contributed by atoms with Gasteiger partial charge in [-0.1, -0.05) is 0 Å². The summed E-state index contributed by atoms with van der Waals surface area (Å²) in [6.07, 6.45) is 4.36. The molecule has 1 aromatic heterocycles. The summed E-state index contributed by atoms with van der Waals surface area (Å²) in [4.78, 5) is 5.69. The highest BCUT2D eigenvalue weighted by Crippen LogP contribution is 2.31. The van der Waals surface area contributed by atoms with E-state index in [2.05, 4.69) is 10.3 Å². The molecule has 1 atom stereocenters. The molecule has 4 nitrogen and oxygen atoms in total. The molecule has 0 aromatic carbocycles.